The number of phenols is 2. The van der Waals surface area contributed by atoms with Crippen LogP contribution in [0, 0.1) is 11.3 Å². The predicted octanol–water partition coefficient (Wildman–Crippen LogP) is 9.02. The van der Waals surface area contributed by atoms with E-state index < -0.39 is 18.1 Å². The van der Waals surface area contributed by atoms with E-state index in [0.717, 1.165) is 44.5 Å². The average molecular weight is 893 g/mol. The van der Waals surface area contributed by atoms with Gasteiger partial charge in [0.15, 0.2) is 11.5 Å². The highest BCUT2D eigenvalue weighted by atomic mass is 16.5. The monoisotopic (exact) mass is 892 g/mol. The Morgan fingerprint density at radius 3 is 2.52 bits per heavy atom. The number of carbonyl (C=O) groups excluding carboxylic acids is 3. The summed E-state index contributed by atoms with van der Waals surface area (Å²) in [4.78, 5) is 45.5. The van der Waals surface area contributed by atoms with Gasteiger partial charge in [-0.05, 0) is 114 Å². The number of hydrogen-bond donors (Lipinski definition) is 5. The molecule has 12 nitrogen and oxygen atoms in total. The lowest BCUT2D eigenvalue weighted by molar-refractivity contribution is -0.148. The van der Waals surface area contributed by atoms with Crippen LogP contribution in [0.4, 0.5) is 5.69 Å². The number of allylic oxidation sites excluding steroid dienone is 6. The Hall–Kier alpha value is -6.79. The number of anilines is 1. The molecule has 3 aromatic carbocycles. The number of fused-ring (bicyclic) bond motifs is 3. The predicted molar refractivity (Wildman–Crippen MR) is 255 cm³/mol. The van der Waals surface area contributed by atoms with Crippen LogP contribution in [0.2, 0.25) is 0 Å². The molecule has 66 heavy (non-hydrogen) atoms. The zero-order chi connectivity index (χ0) is 46.5. The lowest BCUT2D eigenvalue weighted by Crippen LogP contribution is -2.35. The van der Waals surface area contributed by atoms with Gasteiger partial charge >= 0.3 is 5.97 Å². The first kappa shape index (κ1) is 45.8. The summed E-state index contributed by atoms with van der Waals surface area (Å²) < 4.78 is 13.5. The Kier molecular flexibility index (Phi) is 13.7. The lowest BCUT2D eigenvalue weighted by Gasteiger charge is -2.38. The van der Waals surface area contributed by atoms with Crippen molar-refractivity contribution in [1.29, 1.82) is 0 Å². The van der Waals surface area contributed by atoms with Gasteiger partial charge in [-0.15, -0.1) is 0 Å². The number of aliphatic hydroxyl groups is 1. The SMILES string of the molecule is COc1cc([C@@H]2CC(=O)C[C@H](OC(C)=O)CC[C@@]3(C=CC=C[C@@H]3C)Cc3c[nH]cc3C[C@@H](c3cccc(O)c3)C3=CCNC(=C3)N(CCC(C)=O)c3ccc(CO)c4cn2cc34)ccc1O. The normalized spacial score (nSPS) is 22.6. The highest BCUT2D eigenvalue weighted by Gasteiger charge is 2.37. The summed E-state index contributed by atoms with van der Waals surface area (Å²) in [5.74, 6) is 0.621. The van der Waals surface area contributed by atoms with E-state index >= 15 is 0 Å². The Bertz CT molecular complexity index is 2740. The standard InChI is InChI=1S/C54H60N4O8/c1-34-8-5-6-18-54(34)19-15-45(66-36(3)61)26-44(63)27-50(39-12-14-51(64)52(24-39)65-4)57-31-47-40(33-59)11-13-49(48(47)32-57)58(21-17-35(2)60)53-25-38(16-20-56-53)46(37-9-7-10-43(62)22-37)23-41-29-55-30-42(41)28-54/h5-14,16,18,22,24-25,29-32,34,45-46,50,55-56,59,62,64H,15,17,19-21,23,26-28,33H2,1-4H3/t34-,45+,46-,50-,54-/m0/s1. The molecule has 5 aromatic rings. The fourth-order valence-corrected chi connectivity index (χ4v) is 10.1. The minimum absolute atomic E-state index is 0.00198. The molecule has 0 radical (unpaired) electrons. The van der Waals surface area contributed by atoms with Gasteiger partial charge in [0.05, 0.1) is 25.4 Å². The largest absolute Gasteiger partial charge is 0.508 e. The highest BCUT2D eigenvalue weighted by Crippen LogP contribution is 2.45. The maximum atomic E-state index is 14.6. The Morgan fingerprint density at radius 2 is 1.76 bits per heavy atom. The molecule has 1 spiro atoms. The number of aromatic hydroxyl groups is 2. The second kappa shape index (κ2) is 19.8. The van der Waals surface area contributed by atoms with E-state index in [0.29, 0.717) is 49.9 Å². The Morgan fingerprint density at radius 1 is 0.939 bits per heavy atom. The number of methoxy groups -OCH3 is 1. The maximum Gasteiger partial charge on any atom is 0.302 e. The van der Waals surface area contributed by atoms with Crippen molar-refractivity contribution in [3.63, 3.8) is 0 Å². The van der Waals surface area contributed by atoms with Crippen LogP contribution in [0.25, 0.3) is 10.8 Å². The minimum atomic E-state index is -0.680. The van der Waals surface area contributed by atoms with Gasteiger partial charge in [0.2, 0.25) is 0 Å². The Labute approximate surface area is 385 Å². The van der Waals surface area contributed by atoms with Gasteiger partial charge < -0.3 is 44.6 Å². The van der Waals surface area contributed by atoms with Crippen LogP contribution in [0.3, 0.4) is 0 Å². The van der Waals surface area contributed by atoms with Gasteiger partial charge in [-0.25, -0.2) is 0 Å². The van der Waals surface area contributed by atoms with E-state index in [4.69, 9.17) is 9.47 Å². The fraction of sp³-hybridized carbons (Fsp3) is 0.352. The number of H-pyrrole nitrogens is 1. The number of rotatable bonds is 8. The molecule has 8 rings (SSSR count). The molecule has 2 aromatic heterocycles. The lowest BCUT2D eigenvalue weighted by atomic mass is 9.66. The summed E-state index contributed by atoms with van der Waals surface area (Å²) in [6.07, 6.45) is 23.1. The van der Waals surface area contributed by atoms with Gasteiger partial charge in [-0.2, -0.15) is 0 Å². The fourth-order valence-electron chi connectivity index (χ4n) is 10.1. The molecule has 4 bridgehead atoms. The molecule has 5 N–H and O–H groups in total. The topological polar surface area (TPSA) is 166 Å². The number of benzene rings is 3. The molecule has 344 valence electrons. The number of nitrogens with one attached hydrogen (secondary N) is 2. The minimum Gasteiger partial charge on any atom is -0.508 e. The number of phenolic OH excluding ortho intramolecular Hbond substituents is 2. The van der Waals surface area contributed by atoms with Crippen LogP contribution >= 0.6 is 0 Å². The molecule has 2 aliphatic heterocycles. The number of dihydropyridines is 1. The van der Waals surface area contributed by atoms with E-state index in [1.165, 1.54) is 14.0 Å². The van der Waals surface area contributed by atoms with Crippen LogP contribution in [-0.2, 0) is 38.6 Å². The quantitative estimate of drug-likeness (QED) is 0.0950. The zero-order valence-electron chi connectivity index (χ0n) is 38.1. The summed E-state index contributed by atoms with van der Waals surface area (Å²) in [5, 5.41) is 37.4. The van der Waals surface area contributed by atoms with E-state index in [9.17, 15) is 29.7 Å². The summed E-state index contributed by atoms with van der Waals surface area (Å²) in [7, 11) is 1.48. The van der Waals surface area contributed by atoms with Crippen molar-refractivity contribution in [2.75, 3.05) is 25.1 Å². The van der Waals surface area contributed by atoms with Crippen molar-refractivity contribution in [2.24, 2.45) is 11.3 Å². The summed E-state index contributed by atoms with van der Waals surface area (Å²) in [6, 6.07) is 15.8. The number of nitrogens with zero attached hydrogens (tertiary/aromatic N) is 2. The number of carbonyl (C=O) groups is 3. The van der Waals surface area contributed by atoms with Crippen molar-refractivity contribution in [1.82, 2.24) is 14.9 Å². The van der Waals surface area contributed by atoms with Gasteiger partial charge in [-0.1, -0.05) is 61.6 Å². The summed E-state index contributed by atoms with van der Waals surface area (Å²) in [6.45, 7) is 5.81. The highest BCUT2D eigenvalue weighted by molar-refractivity contribution is 5.97. The van der Waals surface area contributed by atoms with Crippen molar-refractivity contribution in [3.05, 3.63) is 155 Å². The molecule has 3 aliphatic rings. The molecule has 0 saturated carbocycles. The van der Waals surface area contributed by atoms with Crippen molar-refractivity contribution in [2.45, 2.75) is 90.4 Å². The molecule has 0 amide bonds. The van der Waals surface area contributed by atoms with E-state index in [1.807, 2.05) is 41.2 Å². The third-order valence-electron chi connectivity index (χ3n) is 13.8. The molecular formula is C54H60N4O8. The number of ketones is 2. The first-order chi connectivity index (χ1) is 31.8. The molecule has 0 unspecified atom stereocenters. The number of esters is 1. The number of ether oxygens (including phenoxy) is 2. The van der Waals surface area contributed by atoms with Gasteiger partial charge in [0, 0.05) is 80.8 Å². The first-order valence-corrected chi connectivity index (χ1v) is 22.9. The maximum absolute atomic E-state index is 14.6. The third-order valence-corrected chi connectivity index (χ3v) is 13.8. The molecule has 5 atom stereocenters. The average Bonchev–Trinajstić information content (AvgIpc) is 3.94. The molecular weight excluding hydrogens is 833 g/mol. The molecule has 4 heterocycles. The van der Waals surface area contributed by atoms with Crippen molar-refractivity contribution >= 4 is 34.0 Å². The van der Waals surface area contributed by atoms with Crippen LogP contribution in [0.15, 0.2) is 127 Å². The Balaban J connectivity index is 1.33. The zero-order valence-corrected chi connectivity index (χ0v) is 38.1. The van der Waals surface area contributed by atoms with Crippen molar-refractivity contribution < 1.29 is 39.2 Å². The van der Waals surface area contributed by atoms with E-state index in [2.05, 4.69) is 77.0 Å². The van der Waals surface area contributed by atoms with Crippen LogP contribution in [0.5, 0.6) is 17.2 Å². The number of aromatic nitrogens is 2. The van der Waals surface area contributed by atoms with Crippen molar-refractivity contribution in [3.8, 4) is 17.2 Å². The first-order valence-electron chi connectivity index (χ1n) is 22.9. The number of hydrogen-bond acceptors (Lipinski definition) is 10. The van der Waals surface area contributed by atoms with Gasteiger partial charge in [0.25, 0.3) is 0 Å². The molecule has 1 aliphatic carbocycles. The van der Waals surface area contributed by atoms with Gasteiger partial charge in [0.1, 0.15) is 29.2 Å². The second-order valence-electron chi connectivity index (χ2n) is 18.1. The van der Waals surface area contributed by atoms with Crippen LogP contribution < -0.4 is 15.0 Å². The number of Topliss-reactive ketones (excluding diaryl/α,β-unsaturated/α-hetero) is 2. The molecule has 0 fully saturated rings. The number of aromatic amines is 1. The summed E-state index contributed by atoms with van der Waals surface area (Å²) >= 11 is 0. The van der Waals surface area contributed by atoms with Crippen LogP contribution in [-0.4, -0.2) is 68.7 Å². The summed E-state index contributed by atoms with van der Waals surface area (Å²) in [5.41, 5.74) is 6.13. The molecule has 0 saturated heterocycles. The van der Waals surface area contributed by atoms with Gasteiger partial charge in [-0.3, -0.25) is 14.4 Å². The van der Waals surface area contributed by atoms with Crippen LogP contribution in [0.1, 0.15) is 92.7 Å². The second-order valence-corrected chi connectivity index (χ2v) is 18.1. The smallest absolute Gasteiger partial charge is 0.302 e. The van der Waals surface area contributed by atoms with E-state index in [-0.39, 0.29) is 71.9 Å². The molecule has 12 heteroatoms. The number of aliphatic hydroxyl groups excluding tert-OH is 1. The van der Waals surface area contributed by atoms with E-state index in [1.54, 1.807) is 31.2 Å². The third kappa shape index (κ3) is 9.89.